The smallest absolute Gasteiger partial charge is 0.416 e. The van der Waals surface area contributed by atoms with Gasteiger partial charge in [0.2, 0.25) is 12.7 Å². The number of nitrogens with zero attached hydrogens (tertiary/aromatic N) is 1. The Morgan fingerprint density at radius 1 is 1.04 bits per heavy atom. The SMILES string of the molecule is COc1cc(CO)cc(I)c1OC1C=C(C(=O)NCCO)CC(N(Cc2ccc3c(c2)OCO3)C(=O)c2ccc(C(F)(F)F)cc2)C1O. The van der Waals surface area contributed by atoms with Crippen molar-refractivity contribution in [2.45, 2.75) is 44.0 Å². The molecular weight excluding hydrogens is 752 g/mol. The number of nitrogens with one attached hydrogen (secondary N) is 1. The number of halogens is 4. The number of hydrogen-bond donors (Lipinski definition) is 4. The zero-order chi connectivity index (χ0) is 34.6. The first-order valence-electron chi connectivity index (χ1n) is 14.7. The van der Waals surface area contributed by atoms with Gasteiger partial charge in [-0.3, -0.25) is 9.59 Å². The third-order valence-corrected chi connectivity index (χ3v) is 8.65. The summed E-state index contributed by atoms with van der Waals surface area (Å²) in [4.78, 5) is 28.7. The molecule has 1 heterocycles. The zero-order valence-electron chi connectivity index (χ0n) is 25.5. The van der Waals surface area contributed by atoms with Crippen LogP contribution < -0.4 is 24.3 Å². The largest absolute Gasteiger partial charge is 0.493 e. The molecule has 0 spiro atoms. The highest BCUT2D eigenvalue weighted by Crippen LogP contribution is 2.38. The topological polar surface area (TPSA) is 147 Å². The van der Waals surface area contributed by atoms with Gasteiger partial charge in [-0.25, -0.2) is 0 Å². The number of alkyl halides is 3. The van der Waals surface area contributed by atoms with Crippen molar-refractivity contribution in [3.05, 3.63) is 92.1 Å². The summed E-state index contributed by atoms with van der Waals surface area (Å²) >= 11 is 1.98. The van der Waals surface area contributed by atoms with Crippen LogP contribution in [0.3, 0.4) is 0 Å². The van der Waals surface area contributed by atoms with E-state index >= 15 is 0 Å². The lowest BCUT2D eigenvalue weighted by atomic mass is 9.87. The number of carbonyl (C=O) groups is 2. The highest BCUT2D eigenvalue weighted by molar-refractivity contribution is 14.1. The molecule has 2 aliphatic rings. The second kappa shape index (κ2) is 15.0. The number of fused-ring (bicyclic) bond motifs is 1. The van der Waals surface area contributed by atoms with Crippen molar-refractivity contribution >= 4 is 34.4 Å². The Labute approximate surface area is 287 Å². The molecule has 48 heavy (non-hydrogen) atoms. The van der Waals surface area contributed by atoms with Crippen molar-refractivity contribution in [2.75, 3.05) is 27.1 Å². The van der Waals surface area contributed by atoms with Crippen molar-refractivity contribution < 1.29 is 57.0 Å². The molecule has 3 atom stereocenters. The zero-order valence-corrected chi connectivity index (χ0v) is 27.7. The molecule has 2 amide bonds. The summed E-state index contributed by atoms with van der Waals surface area (Å²) in [5.41, 5.74) is 0.225. The maximum atomic E-state index is 14.2. The highest BCUT2D eigenvalue weighted by Gasteiger charge is 2.41. The van der Waals surface area contributed by atoms with E-state index in [0.717, 1.165) is 24.3 Å². The van der Waals surface area contributed by atoms with Crippen molar-refractivity contribution in [1.82, 2.24) is 10.2 Å². The number of rotatable bonds is 11. The van der Waals surface area contributed by atoms with E-state index in [0.29, 0.717) is 26.2 Å². The van der Waals surface area contributed by atoms with E-state index in [2.05, 4.69) is 5.32 Å². The summed E-state index contributed by atoms with van der Waals surface area (Å²) in [5, 5.41) is 33.4. The van der Waals surface area contributed by atoms with Crippen molar-refractivity contribution in [2.24, 2.45) is 0 Å². The normalized spacial score (nSPS) is 18.6. The number of benzene rings is 3. The molecule has 1 aliphatic carbocycles. The number of methoxy groups -OCH3 is 1. The van der Waals surface area contributed by atoms with Gasteiger partial charge in [-0.15, -0.1) is 0 Å². The molecule has 256 valence electrons. The minimum atomic E-state index is -4.62. The summed E-state index contributed by atoms with van der Waals surface area (Å²) in [6.45, 7) is -0.792. The Kier molecular flexibility index (Phi) is 11.0. The first-order valence-corrected chi connectivity index (χ1v) is 15.8. The minimum absolute atomic E-state index is 0.00595. The molecule has 5 rings (SSSR count). The van der Waals surface area contributed by atoms with Gasteiger partial charge in [0.25, 0.3) is 5.91 Å². The Bertz CT molecular complexity index is 1680. The molecule has 0 bridgehead atoms. The summed E-state index contributed by atoms with van der Waals surface area (Å²) < 4.78 is 63.1. The average molecular weight is 785 g/mol. The van der Waals surface area contributed by atoms with Crippen LogP contribution in [0, 0.1) is 3.57 Å². The van der Waals surface area contributed by atoms with Crippen LogP contribution in [0.1, 0.15) is 33.5 Å². The maximum absolute atomic E-state index is 14.2. The summed E-state index contributed by atoms with van der Waals surface area (Å²) in [6, 6.07) is 10.8. The van der Waals surface area contributed by atoms with Gasteiger partial charge >= 0.3 is 6.18 Å². The van der Waals surface area contributed by atoms with E-state index in [9.17, 15) is 38.1 Å². The Balaban J connectivity index is 1.56. The number of aliphatic hydroxyl groups is 3. The summed E-state index contributed by atoms with van der Waals surface area (Å²) in [7, 11) is 1.40. The van der Waals surface area contributed by atoms with Gasteiger partial charge in [0.1, 0.15) is 12.2 Å². The highest BCUT2D eigenvalue weighted by atomic mass is 127. The lowest BCUT2D eigenvalue weighted by Gasteiger charge is -2.40. The summed E-state index contributed by atoms with van der Waals surface area (Å²) in [6.07, 6.45) is -6.03. The third kappa shape index (κ3) is 7.80. The first-order chi connectivity index (χ1) is 22.9. The molecule has 3 unspecified atom stereocenters. The molecule has 15 heteroatoms. The van der Waals surface area contributed by atoms with Crippen LogP contribution in [0.25, 0.3) is 0 Å². The van der Waals surface area contributed by atoms with Gasteiger partial charge in [0, 0.05) is 30.6 Å². The Morgan fingerprint density at radius 2 is 1.77 bits per heavy atom. The van der Waals surface area contributed by atoms with Crippen LogP contribution in [0.2, 0.25) is 0 Å². The Morgan fingerprint density at radius 3 is 2.44 bits per heavy atom. The van der Waals surface area contributed by atoms with E-state index in [1.807, 2.05) is 22.6 Å². The van der Waals surface area contributed by atoms with Gasteiger partial charge < -0.3 is 44.5 Å². The van der Waals surface area contributed by atoms with Crippen LogP contribution >= 0.6 is 22.6 Å². The first kappa shape index (κ1) is 35.3. The van der Waals surface area contributed by atoms with Gasteiger partial charge in [0.05, 0.1) is 35.5 Å². The van der Waals surface area contributed by atoms with Crippen molar-refractivity contribution in [3.8, 4) is 23.0 Å². The lowest BCUT2D eigenvalue weighted by Crippen LogP contribution is -2.54. The quantitative estimate of drug-likeness (QED) is 0.214. The molecule has 0 saturated carbocycles. The number of carbonyl (C=O) groups excluding carboxylic acids is 2. The number of amides is 2. The van der Waals surface area contributed by atoms with E-state index in [-0.39, 0.29) is 62.2 Å². The van der Waals surface area contributed by atoms with Crippen LogP contribution in [0.5, 0.6) is 23.0 Å². The molecule has 0 saturated heterocycles. The minimum Gasteiger partial charge on any atom is -0.493 e. The van der Waals surface area contributed by atoms with E-state index < -0.39 is 41.8 Å². The number of aliphatic hydroxyl groups excluding tert-OH is 3. The lowest BCUT2D eigenvalue weighted by molar-refractivity contribution is -0.137. The molecule has 4 N–H and O–H groups in total. The molecular formula is C33H32F3IN2O9. The molecule has 1 aliphatic heterocycles. The van der Waals surface area contributed by atoms with Crippen molar-refractivity contribution in [3.63, 3.8) is 0 Å². The van der Waals surface area contributed by atoms with Crippen LogP contribution in [0.15, 0.2) is 66.2 Å². The van der Waals surface area contributed by atoms with Crippen molar-refractivity contribution in [1.29, 1.82) is 0 Å². The third-order valence-electron chi connectivity index (χ3n) is 7.85. The number of ether oxygens (including phenoxy) is 4. The molecule has 11 nitrogen and oxygen atoms in total. The van der Waals surface area contributed by atoms with Gasteiger partial charge in [-0.1, -0.05) is 6.07 Å². The van der Waals surface area contributed by atoms with E-state index in [1.165, 1.54) is 18.1 Å². The van der Waals surface area contributed by atoms with Gasteiger partial charge in [-0.2, -0.15) is 13.2 Å². The van der Waals surface area contributed by atoms with E-state index in [4.69, 9.17) is 18.9 Å². The predicted octanol–water partition coefficient (Wildman–Crippen LogP) is 3.80. The predicted molar refractivity (Wildman–Crippen MR) is 173 cm³/mol. The Hall–Kier alpha value is -4.06. The number of hydrogen-bond acceptors (Lipinski definition) is 9. The molecule has 3 aromatic rings. The van der Waals surface area contributed by atoms with Crippen LogP contribution in [-0.4, -0.2) is 77.3 Å². The fraction of sp³-hybridized carbons (Fsp3) is 0.333. The van der Waals surface area contributed by atoms with Gasteiger partial charge in [-0.05, 0) is 88.3 Å². The maximum Gasteiger partial charge on any atom is 0.416 e. The standard InChI is InChI=1S/C33H32F3IN2O9/c1-45-28-12-19(16-41)10-23(37)30(28)48-27-14-21(31(43)38-8-9-40)13-24(29(27)42)39(15-18-2-7-25-26(11-18)47-17-46-25)32(44)20-3-5-22(6-4-20)33(34,35)36/h2-7,10-12,14,24,27,29,40-42H,8-9,13,15-17H2,1H3,(H,38,43). The average Bonchev–Trinajstić information content (AvgIpc) is 3.55. The fourth-order valence-corrected chi connectivity index (χ4v) is 6.23. The molecule has 0 aromatic heterocycles. The monoisotopic (exact) mass is 784 g/mol. The fourth-order valence-electron chi connectivity index (χ4n) is 5.44. The second-order valence-electron chi connectivity index (χ2n) is 11.0. The van der Waals surface area contributed by atoms with E-state index in [1.54, 1.807) is 30.3 Å². The van der Waals surface area contributed by atoms with Crippen LogP contribution in [-0.2, 0) is 24.1 Å². The van der Waals surface area contributed by atoms with Gasteiger partial charge in [0.15, 0.2) is 23.0 Å². The van der Waals surface area contributed by atoms with Crippen LogP contribution in [0.4, 0.5) is 13.2 Å². The summed E-state index contributed by atoms with van der Waals surface area (Å²) in [5.74, 6) is 0.0992. The molecule has 0 radical (unpaired) electrons. The second-order valence-corrected chi connectivity index (χ2v) is 12.1. The molecule has 3 aromatic carbocycles. The molecule has 0 fully saturated rings.